The van der Waals surface area contributed by atoms with E-state index in [4.69, 9.17) is 11.6 Å². The Morgan fingerprint density at radius 1 is 0.966 bits per heavy atom. The van der Waals surface area contributed by atoms with Gasteiger partial charge in [0.15, 0.2) is 0 Å². The Labute approximate surface area is 171 Å². The van der Waals surface area contributed by atoms with Crippen LogP contribution in [0.4, 0.5) is 17.1 Å². The van der Waals surface area contributed by atoms with E-state index in [-0.39, 0.29) is 34.4 Å². The van der Waals surface area contributed by atoms with Crippen LogP contribution < -0.4 is 4.90 Å². The fraction of sp³-hybridized carbons (Fsp3) is 0.294. The number of sulfonamides is 1. The topological polar surface area (TPSA) is 127 Å². The number of hydrogen-bond donors (Lipinski definition) is 0. The van der Waals surface area contributed by atoms with Crippen LogP contribution in [0.15, 0.2) is 41.3 Å². The molecule has 0 radical (unpaired) electrons. The zero-order chi connectivity index (χ0) is 21.3. The molecule has 0 unspecified atom stereocenters. The maximum atomic E-state index is 12.8. The van der Waals surface area contributed by atoms with Crippen LogP contribution in [-0.4, -0.2) is 48.7 Å². The second-order valence-electron chi connectivity index (χ2n) is 6.50. The molecule has 0 aliphatic carbocycles. The first-order valence-electron chi connectivity index (χ1n) is 8.55. The first-order valence-corrected chi connectivity index (χ1v) is 10.4. The van der Waals surface area contributed by atoms with Crippen LogP contribution in [0.2, 0.25) is 5.02 Å². The van der Waals surface area contributed by atoms with Gasteiger partial charge in [-0.15, -0.1) is 0 Å². The summed E-state index contributed by atoms with van der Waals surface area (Å²) in [6.45, 7) is 2.66. The number of aryl methyl sites for hydroxylation is 1. The molecule has 0 saturated carbocycles. The predicted molar refractivity (Wildman–Crippen MR) is 107 cm³/mol. The van der Waals surface area contributed by atoms with Crippen molar-refractivity contribution in [1.29, 1.82) is 0 Å². The second-order valence-corrected chi connectivity index (χ2v) is 8.84. The van der Waals surface area contributed by atoms with E-state index in [1.165, 1.54) is 34.6 Å². The van der Waals surface area contributed by atoms with Gasteiger partial charge in [0.25, 0.3) is 11.4 Å². The van der Waals surface area contributed by atoms with E-state index in [2.05, 4.69) is 0 Å². The Morgan fingerprint density at radius 3 is 2.14 bits per heavy atom. The lowest BCUT2D eigenvalue weighted by Crippen LogP contribution is -2.49. The molecule has 0 N–H and O–H groups in total. The third-order valence-electron chi connectivity index (χ3n) is 4.67. The monoisotopic (exact) mass is 440 g/mol. The molecule has 2 aromatic rings. The van der Waals surface area contributed by atoms with Crippen LogP contribution in [0.3, 0.4) is 0 Å². The number of nitro groups is 2. The van der Waals surface area contributed by atoms with Gasteiger partial charge in [-0.1, -0.05) is 17.7 Å². The van der Waals surface area contributed by atoms with E-state index in [0.717, 1.165) is 6.07 Å². The van der Waals surface area contributed by atoms with Gasteiger partial charge in [-0.3, -0.25) is 20.2 Å². The first-order chi connectivity index (χ1) is 13.6. The molecule has 0 amide bonds. The van der Waals surface area contributed by atoms with Crippen molar-refractivity contribution < 1.29 is 18.3 Å². The molecule has 3 rings (SSSR count). The van der Waals surface area contributed by atoms with Gasteiger partial charge in [0, 0.05) is 50.4 Å². The summed E-state index contributed by atoms with van der Waals surface area (Å²) in [6.07, 6.45) is 0. The molecule has 0 atom stereocenters. The van der Waals surface area contributed by atoms with Crippen LogP contribution >= 0.6 is 11.6 Å². The van der Waals surface area contributed by atoms with Crippen molar-refractivity contribution >= 4 is 38.7 Å². The standard InChI is InChI=1S/C17H17ClN4O6S/c1-12-9-14(22(25)26)11-16(18)17(12)19-5-7-20(8-6-19)29(27,28)15-4-2-3-13(10-15)21(23)24/h2-4,9-11H,5-8H2,1H3. The number of piperazine rings is 1. The summed E-state index contributed by atoms with van der Waals surface area (Å²) in [5.41, 5.74) is 0.852. The highest BCUT2D eigenvalue weighted by atomic mass is 35.5. The van der Waals surface area contributed by atoms with Crippen LogP contribution in [-0.2, 0) is 10.0 Å². The largest absolute Gasteiger partial charge is 0.367 e. The van der Waals surface area contributed by atoms with E-state index >= 15 is 0 Å². The highest BCUT2D eigenvalue weighted by Crippen LogP contribution is 2.34. The van der Waals surface area contributed by atoms with Crippen LogP contribution in [0.25, 0.3) is 0 Å². The van der Waals surface area contributed by atoms with Crippen molar-refractivity contribution in [2.75, 3.05) is 31.1 Å². The summed E-state index contributed by atoms with van der Waals surface area (Å²) in [7, 11) is -3.88. The molecule has 12 heteroatoms. The van der Waals surface area contributed by atoms with Crippen LogP contribution in [0.1, 0.15) is 5.56 Å². The van der Waals surface area contributed by atoms with Crippen molar-refractivity contribution in [3.05, 3.63) is 67.2 Å². The van der Waals surface area contributed by atoms with E-state index in [1.54, 1.807) is 6.92 Å². The lowest BCUT2D eigenvalue weighted by atomic mass is 10.1. The van der Waals surface area contributed by atoms with Crippen LogP contribution in [0.5, 0.6) is 0 Å². The molecule has 1 aliphatic rings. The number of benzene rings is 2. The minimum Gasteiger partial charge on any atom is -0.367 e. The third kappa shape index (κ3) is 4.16. The predicted octanol–water partition coefficient (Wildman–Crippen LogP) is 2.98. The normalized spacial score (nSPS) is 15.3. The summed E-state index contributed by atoms with van der Waals surface area (Å²) >= 11 is 6.24. The molecule has 0 bridgehead atoms. The molecule has 0 spiro atoms. The summed E-state index contributed by atoms with van der Waals surface area (Å²) in [4.78, 5) is 22.5. The quantitative estimate of drug-likeness (QED) is 0.516. The van der Waals surface area contributed by atoms with Crippen molar-refractivity contribution in [3.8, 4) is 0 Å². The molecular formula is C17H17ClN4O6S. The van der Waals surface area contributed by atoms with E-state index in [1.807, 2.05) is 4.90 Å². The number of rotatable bonds is 5. The number of anilines is 1. The minimum absolute atomic E-state index is 0.108. The molecule has 1 heterocycles. The van der Waals surface area contributed by atoms with Gasteiger partial charge in [0.05, 0.1) is 25.5 Å². The maximum Gasteiger partial charge on any atom is 0.271 e. The first kappa shape index (κ1) is 21.0. The lowest BCUT2D eigenvalue weighted by molar-refractivity contribution is -0.385. The van der Waals surface area contributed by atoms with Gasteiger partial charge in [0.2, 0.25) is 10.0 Å². The van der Waals surface area contributed by atoms with Crippen LogP contribution in [0, 0.1) is 27.2 Å². The van der Waals surface area contributed by atoms with Gasteiger partial charge in [-0.05, 0) is 18.6 Å². The molecule has 2 aromatic carbocycles. The average Bonchev–Trinajstić information content (AvgIpc) is 2.67. The van der Waals surface area contributed by atoms with Gasteiger partial charge in [-0.2, -0.15) is 4.31 Å². The molecule has 154 valence electrons. The van der Waals surface area contributed by atoms with Crippen molar-refractivity contribution in [3.63, 3.8) is 0 Å². The van der Waals surface area contributed by atoms with Gasteiger partial charge >= 0.3 is 0 Å². The highest BCUT2D eigenvalue weighted by Gasteiger charge is 2.31. The highest BCUT2D eigenvalue weighted by molar-refractivity contribution is 7.89. The van der Waals surface area contributed by atoms with Gasteiger partial charge < -0.3 is 4.90 Å². The summed E-state index contributed by atoms with van der Waals surface area (Å²) in [6, 6.07) is 7.63. The van der Waals surface area contributed by atoms with Crippen molar-refractivity contribution in [1.82, 2.24) is 4.31 Å². The average molecular weight is 441 g/mol. The smallest absolute Gasteiger partial charge is 0.271 e. The fourth-order valence-corrected chi connectivity index (χ4v) is 5.13. The summed E-state index contributed by atoms with van der Waals surface area (Å²) in [5.74, 6) is 0. The zero-order valence-corrected chi connectivity index (χ0v) is 16.9. The molecule has 1 fully saturated rings. The number of halogens is 1. The Balaban J connectivity index is 1.79. The fourth-order valence-electron chi connectivity index (χ4n) is 3.28. The molecule has 10 nitrogen and oxygen atoms in total. The molecule has 1 saturated heterocycles. The number of nitro benzene ring substituents is 2. The van der Waals surface area contributed by atoms with Gasteiger partial charge in [-0.25, -0.2) is 8.42 Å². The number of non-ortho nitro benzene ring substituents is 2. The number of hydrogen-bond acceptors (Lipinski definition) is 7. The van der Waals surface area contributed by atoms with Gasteiger partial charge in [0.1, 0.15) is 0 Å². The molecule has 0 aromatic heterocycles. The Hall–Kier alpha value is -2.76. The Morgan fingerprint density at radius 2 is 1.59 bits per heavy atom. The van der Waals surface area contributed by atoms with E-state index < -0.39 is 19.9 Å². The van der Waals surface area contributed by atoms with Crippen molar-refractivity contribution in [2.24, 2.45) is 0 Å². The third-order valence-corrected chi connectivity index (χ3v) is 6.85. The van der Waals surface area contributed by atoms with E-state index in [9.17, 15) is 28.6 Å². The van der Waals surface area contributed by atoms with E-state index in [0.29, 0.717) is 24.3 Å². The molecule has 29 heavy (non-hydrogen) atoms. The summed E-state index contributed by atoms with van der Waals surface area (Å²) in [5, 5.41) is 22.1. The summed E-state index contributed by atoms with van der Waals surface area (Å²) < 4.78 is 26.9. The zero-order valence-electron chi connectivity index (χ0n) is 15.3. The van der Waals surface area contributed by atoms with Crippen molar-refractivity contribution in [2.45, 2.75) is 11.8 Å². The Kier molecular flexibility index (Phi) is 5.73. The maximum absolute atomic E-state index is 12.8. The SMILES string of the molecule is Cc1cc([N+](=O)[O-])cc(Cl)c1N1CCN(S(=O)(=O)c2cccc([N+](=O)[O-])c2)CC1. The Bertz CT molecular complexity index is 1060. The molecule has 1 aliphatic heterocycles. The lowest BCUT2D eigenvalue weighted by Gasteiger charge is -2.36. The number of nitrogens with zero attached hydrogens (tertiary/aromatic N) is 4. The minimum atomic E-state index is -3.88. The molecular weight excluding hydrogens is 424 g/mol. The second kappa shape index (κ2) is 7.93.